The predicted octanol–water partition coefficient (Wildman–Crippen LogP) is 2.87. The zero-order chi connectivity index (χ0) is 14.8. The van der Waals surface area contributed by atoms with Crippen LogP contribution in [0.2, 0.25) is 0 Å². The van der Waals surface area contributed by atoms with Crippen LogP contribution in [0, 0.1) is 35.5 Å². The van der Waals surface area contributed by atoms with E-state index in [9.17, 15) is 8.78 Å². The van der Waals surface area contributed by atoms with E-state index in [4.69, 9.17) is 0 Å². The predicted molar refractivity (Wildman–Crippen MR) is 81.0 cm³/mol. The first-order valence-electron chi connectivity index (χ1n) is 8.50. The molecule has 0 bridgehead atoms. The fraction of sp³-hybridized carbons (Fsp3) is 0.684. The van der Waals surface area contributed by atoms with E-state index >= 15 is 0 Å². The molecule has 0 unspecified atom stereocenters. The fourth-order valence-corrected chi connectivity index (χ4v) is 4.44. The summed E-state index contributed by atoms with van der Waals surface area (Å²) in [5.41, 5.74) is 0.571. The molecule has 0 aliphatic heterocycles. The maximum Gasteiger partial charge on any atom is 1.00 e. The average Bonchev–Trinajstić information content (AvgIpc) is 2.51. The molecule has 0 spiro atoms. The van der Waals surface area contributed by atoms with E-state index in [1.54, 1.807) is 6.07 Å². The summed E-state index contributed by atoms with van der Waals surface area (Å²) in [6.45, 7) is 2.36. The van der Waals surface area contributed by atoms with Crippen molar-refractivity contribution in [3.63, 3.8) is 0 Å². The molecular weight excluding hydrogens is 352 g/mol. The van der Waals surface area contributed by atoms with Crippen LogP contribution in [0.25, 0.3) is 0 Å². The van der Waals surface area contributed by atoms with Crippen molar-refractivity contribution < 1.29 is 67.0 Å². The summed E-state index contributed by atoms with van der Waals surface area (Å²) < 4.78 is 27.2. The molecule has 0 aromatic heterocycles. The van der Waals surface area contributed by atoms with Gasteiger partial charge in [-0.3, -0.25) is 4.39 Å². The van der Waals surface area contributed by atoms with Crippen LogP contribution in [-0.4, -0.2) is 0 Å². The minimum absolute atomic E-state index is 0. The van der Waals surface area contributed by atoms with Crippen LogP contribution in [0.1, 0.15) is 69.8 Å². The van der Waals surface area contributed by atoms with Gasteiger partial charge in [-0.05, 0) is 62.2 Å². The normalized spacial score (nSPS) is 32.3. The Kier molecular flexibility index (Phi) is 7.71. The van der Waals surface area contributed by atoms with Crippen LogP contribution in [0.15, 0.2) is 12.1 Å². The van der Waals surface area contributed by atoms with Crippen molar-refractivity contribution in [2.24, 2.45) is 17.8 Å². The van der Waals surface area contributed by atoms with Gasteiger partial charge < -0.3 is 0 Å². The molecule has 0 atom stereocenters. The van der Waals surface area contributed by atoms with E-state index in [2.05, 4.69) is 13.0 Å². The summed E-state index contributed by atoms with van der Waals surface area (Å²) in [6, 6.07) is 5.53. The maximum absolute atomic E-state index is 13.9. The molecule has 0 amide bonds. The SMILES string of the molecule is CC1CCC(C2CCC(c3cc[c-]c(F)c3F)CC2)CC1.[Rb+]. The van der Waals surface area contributed by atoms with E-state index < -0.39 is 11.6 Å². The minimum Gasteiger partial charge on any atom is -0.281 e. The topological polar surface area (TPSA) is 0 Å². The second kappa shape index (κ2) is 8.83. The average molecular weight is 377 g/mol. The summed E-state index contributed by atoms with van der Waals surface area (Å²) in [5.74, 6) is 1.30. The molecule has 0 saturated heterocycles. The molecule has 0 heterocycles. The van der Waals surface area contributed by atoms with Gasteiger partial charge in [0.25, 0.3) is 0 Å². The van der Waals surface area contributed by atoms with Crippen LogP contribution < -0.4 is 58.2 Å². The number of benzene rings is 1. The van der Waals surface area contributed by atoms with Gasteiger partial charge in [0.1, 0.15) is 0 Å². The molecule has 0 nitrogen and oxygen atoms in total. The van der Waals surface area contributed by atoms with Crippen LogP contribution >= 0.6 is 0 Å². The Morgan fingerprint density at radius 3 is 2.05 bits per heavy atom. The molecule has 0 N–H and O–H groups in total. The van der Waals surface area contributed by atoms with Crippen LogP contribution in [-0.2, 0) is 0 Å². The summed E-state index contributed by atoms with van der Waals surface area (Å²) in [7, 11) is 0. The molecular formula is C19H25F2Rb. The molecule has 22 heavy (non-hydrogen) atoms. The minimum atomic E-state index is -0.823. The molecule has 2 aliphatic rings. The number of halogens is 2. The van der Waals surface area contributed by atoms with Crippen molar-refractivity contribution in [2.75, 3.05) is 0 Å². The van der Waals surface area contributed by atoms with E-state index in [0.717, 1.165) is 30.6 Å². The standard InChI is InChI=1S/C19H25F2.Rb/c1-13-5-7-14(8-6-13)15-9-11-16(12-10-15)17-3-2-4-18(20)19(17)21;/h2-3,13-16H,5-12H2,1H3;/q-1;+1. The van der Waals surface area contributed by atoms with Gasteiger partial charge >= 0.3 is 58.2 Å². The van der Waals surface area contributed by atoms with Crippen molar-refractivity contribution in [2.45, 2.75) is 64.2 Å². The third-order valence-corrected chi connectivity index (χ3v) is 5.86. The molecule has 2 aliphatic carbocycles. The maximum atomic E-state index is 13.9. The summed E-state index contributed by atoms with van der Waals surface area (Å²) in [4.78, 5) is 0. The Hall–Kier alpha value is 0.885. The Morgan fingerprint density at radius 1 is 0.909 bits per heavy atom. The van der Waals surface area contributed by atoms with Gasteiger partial charge in [0.15, 0.2) is 0 Å². The Labute approximate surface area is 182 Å². The number of rotatable bonds is 2. The Bertz CT molecular complexity index is 472. The van der Waals surface area contributed by atoms with Gasteiger partial charge in [-0.15, -0.1) is 11.6 Å². The molecule has 2 saturated carbocycles. The van der Waals surface area contributed by atoms with E-state index in [1.165, 1.54) is 44.6 Å². The van der Waals surface area contributed by atoms with Crippen molar-refractivity contribution in [1.82, 2.24) is 0 Å². The summed E-state index contributed by atoms with van der Waals surface area (Å²) >= 11 is 0. The molecule has 0 radical (unpaired) electrons. The second-order valence-electron chi connectivity index (χ2n) is 7.19. The zero-order valence-electron chi connectivity index (χ0n) is 13.9. The first-order valence-corrected chi connectivity index (χ1v) is 8.50. The second-order valence-corrected chi connectivity index (χ2v) is 7.19. The summed E-state index contributed by atoms with van der Waals surface area (Å²) in [6.07, 6.45) is 9.89. The van der Waals surface area contributed by atoms with Crippen molar-refractivity contribution in [1.29, 1.82) is 0 Å². The molecule has 3 rings (SSSR count). The third kappa shape index (κ3) is 4.49. The van der Waals surface area contributed by atoms with Crippen molar-refractivity contribution in [3.05, 3.63) is 35.4 Å². The smallest absolute Gasteiger partial charge is 0.281 e. The number of hydrogen-bond acceptors (Lipinski definition) is 0. The van der Waals surface area contributed by atoms with Gasteiger partial charge in [0.2, 0.25) is 0 Å². The molecule has 116 valence electrons. The van der Waals surface area contributed by atoms with Gasteiger partial charge in [0, 0.05) is 11.6 Å². The molecule has 1 aromatic carbocycles. The third-order valence-electron chi connectivity index (χ3n) is 5.86. The quantitative estimate of drug-likeness (QED) is 0.696. The van der Waals surface area contributed by atoms with E-state index in [0.29, 0.717) is 5.56 Å². The fourth-order valence-electron chi connectivity index (χ4n) is 4.44. The largest absolute Gasteiger partial charge is 1.00 e. The summed E-state index contributed by atoms with van der Waals surface area (Å²) in [5, 5.41) is 0. The van der Waals surface area contributed by atoms with Crippen LogP contribution in [0.5, 0.6) is 0 Å². The van der Waals surface area contributed by atoms with Gasteiger partial charge in [-0.25, -0.2) is 4.39 Å². The Morgan fingerprint density at radius 2 is 1.45 bits per heavy atom. The van der Waals surface area contributed by atoms with Crippen LogP contribution in [0.4, 0.5) is 8.78 Å². The van der Waals surface area contributed by atoms with E-state index in [-0.39, 0.29) is 64.1 Å². The molecule has 1 aromatic rings. The van der Waals surface area contributed by atoms with Gasteiger partial charge in [-0.2, -0.15) is 12.1 Å². The molecule has 3 heteroatoms. The number of hydrogen-bond donors (Lipinski definition) is 0. The van der Waals surface area contributed by atoms with Crippen LogP contribution in [0.3, 0.4) is 0 Å². The van der Waals surface area contributed by atoms with E-state index in [1.807, 2.05) is 0 Å². The zero-order valence-corrected chi connectivity index (χ0v) is 18.8. The first-order chi connectivity index (χ1) is 10.1. The first kappa shape index (κ1) is 19.2. The monoisotopic (exact) mass is 376 g/mol. The van der Waals surface area contributed by atoms with Gasteiger partial charge in [0.05, 0.1) is 0 Å². The van der Waals surface area contributed by atoms with Gasteiger partial charge in [-0.1, -0.05) is 19.8 Å². The van der Waals surface area contributed by atoms with Crippen molar-refractivity contribution in [3.8, 4) is 0 Å². The molecule has 2 fully saturated rings. The van der Waals surface area contributed by atoms with Crippen molar-refractivity contribution >= 4 is 0 Å². The Balaban J connectivity index is 0.00000176.